The number of hydrogen-bond donors (Lipinski definition) is 1. The van der Waals surface area contributed by atoms with E-state index in [2.05, 4.69) is 52.8 Å². The standard InChI is InChI=1S/C33H52N4O2/c1-5-33(4)13-10-27-17-30(33)25(3)19-35-15-11-26(12-16-35)8-9-31(38)34-14-6-7-32(39)37-22-28-20-36(18-24(27)2)21-29(28)23-37/h5,26-30H,1-3,6-23H2,4H3,(H,34,38)/t27-,28?,29?,30+,33-/m1/s1. The molecule has 7 saturated heterocycles. The van der Waals surface area contributed by atoms with Crippen molar-refractivity contribution < 1.29 is 9.59 Å². The first kappa shape index (κ1) is 28.6. The van der Waals surface area contributed by atoms with Gasteiger partial charge in [-0.3, -0.25) is 19.4 Å². The van der Waals surface area contributed by atoms with Crippen molar-refractivity contribution in [1.82, 2.24) is 20.0 Å². The predicted octanol–water partition coefficient (Wildman–Crippen LogP) is 4.50. The smallest absolute Gasteiger partial charge is 0.222 e. The third-order valence-corrected chi connectivity index (χ3v) is 11.0. The van der Waals surface area contributed by atoms with E-state index in [4.69, 9.17) is 0 Å². The Morgan fingerprint density at radius 2 is 1.59 bits per heavy atom. The van der Waals surface area contributed by atoms with Gasteiger partial charge in [-0.25, -0.2) is 0 Å². The molecule has 8 bridgehead atoms. The zero-order valence-corrected chi connectivity index (χ0v) is 24.5. The lowest BCUT2D eigenvalue weighted by molar-refractivity contribution is -0.131. The number of carbonyl (C=O) groups is 2. The molecule has 0 aromatic rings. The van der Waals surface area contributed by atoms with Gasteiger partial charge in [0, 0.05) is 58.7 Å². The van der Waals surface area contributed by atoms with Gasteiger partial charge in [-0.1, -0.05) is 37.3 Å². The van der Waals surface area contributed by atoms with Crippen LogP contribution in [0.1, 0.15) is 64.7 Å². The van der Waals surface area contributed by atoms with E-state index >= 15 is 0 Å². The average molecular weight is 537 g/mol. The van der Waals surface area contributed by atoms with Crippen molar-refractivity contribution in [3.8, 4) is 0 Å². The van der Waals surface area contributed by atoms with Crippen LogP contribution in [0.15, 0.2) is 37.0 Å². The summed E-state index contributed by atoms with van der Waals surface area (Å²) >= 11 is 0. The van der Waals surface area contributed by atoms with E-state index in [0.29, 0.717) is 49.0 Å². The van der Waals surface area contributed by atoms with Crippen LogP contribution in [0.2, 0.25) is 0 Å². The lowest BCUT2D eigenvalue weighted by atomic mass is 9.61. The third-order valence-electron chi connectivity index (χ3n) is 11.0. The molecule has 216 valence electrons. The fraction of sp³-hybridized carbons (Fsp3) is 0.758. The van der Waals surface area contributed by atoms with Crippen LogP contribution in [0, 0.1) is 35.0 Å². The molecule has 39 heavy (non-hydrogen) atoms. The van der Waals surface area contributed by atoms with Crippen molar-refractivity contribution in [3.63, 3.8) is 0 Å². The summed E-state index contributed by atoms with van der Waals surface area (Å²) < 4.78 is 0. The molecule has 2 amide bonds. The number of nitrogens with zero attached hydrogens (tertiary/aromatic N) is 3. The minimum atomic E-state index is 0.102. The van der Waals surface area contributed by atoms with Crippen LogP contribution < -0.4 is 5.32 Å². The van der Waals surface area contributed by atoms with Gasteiger partial charge in [0.1, 0.15) is 0 Å². The number of carbonyl (C=O) groups excluding carboxylic acids is 2. The molecule has 1 N–H and O–H groups in total. The number of piperidine rings is 1. The van der Waals surface area contributed by atoms with Gasteiger partial charge in [0.15, 0.2) is 0 Å². The molecule has 0 spiro atoms. The van der Waals surface area contributed by atoms with E-state index in [9.17, 15) is 9.59 Å². The van der Waals surface area contributed by atoms with Crippen LogP contribution in [0.5, 0.6) is 0 Å². The Hall–Kier alpha value is -1.92. The molecule has 0 aromatic heterocycles. The molecule has 0 aromatic carbocycles. The van der Waals surface area contributed by atoms with Crippen LogP contribution in [0.25, 0.3) is 0 Å². The van der Waals surface area contributed by atoms with Gasteiger partial charge in [-0.2, -0.15) is 0 Å². The lowest BCUT2D eigenvalue weighted by Gasteiger charge is -2.46. The molecular formula is C33H52N4O2. The predicted molar refractivity (Wildman–Crippen MR) is 158 cm³/mol. The zero-order chi connectivity index (χ0) is 27.6. The molecular weight excluding hydrogens is 484 g/mol. The monoisotopic (exact) mass is 536 g/mol. The Kier molecular flexibility index (Phi) is 9.02. The fourth-order valence-corrected chi connectivity index (χ4v) is 8.30. The van der Waals surface area contributed by atoms with Gasteiger partial charge in [-0.05, 0) is 93.0 Å². The van der Waals surface area contributed by atoms with Crippen molar-refractivity contribution in [2.75, 3.05) is 58.9 Å². The minimum absolute atomic E-state index is 0.102. The Morgan fingerprint density at radius 3 is 2.28 bits per heavy atom. The Bertz CT molecular complexity index is 939. The van der Waals surface area contributed by atoms with Gasteiger partial charge in [0.05, 0.1) is 0 Å². The number of nitrogens with one attached hydrogen (secondary N) is 1. The molecule has 6 nitrogen and oxygen atoms in total. The summed E-state index contributed by atoms with van der Waals surface area (Å²) in [5.74, 6) is 3.17. The van der Waals surface area contributed by atoms with E-state index in [1.54, 1.807) is 0 Å². The van der Waals surface area contributed by atoms with Crippen LogP contribution in [0.3, 0.4) is 0 Å². The molecule has 5 atom stereocenters. The maximum Gasteiger partial charge on any atom is 0.222 e. The maximum absolute atomic E-state index is 12.9. The molecule has 1 saturated carbocycles. The topological polar surface area (TPSA) is 55.9 Å². The van der Waals surface area contributed by atoms with Crippen molar-refractivity contribution in [1.29, 1.82) is 0 Å². The number of rotatable bonds is 1. The molecule has 8 fully saturated rings. The second kappa shape index (κ2) is 12.3. The molecule has 1 aliphatic carbocycles. The van der Waals surface area contributed by atoms with Crippen molar-refractivity contribution in [2.45, 2.75) is 64.7 Å². The molecule has 2 unspecified atom stereocenters. The minimum Gasteiger partial charge on any atom is -0.356 e. The number of amides is 2. The quantitative estimate of drug-likeness (QED) is 0.502. The highest BCUT2D eigenvalue weighted by atomic mass is 16.2. The van der Waals surface area contributed by atoms with E-state index < -0.39 is 0 Å². The third kappa shape index (κ3) is 6.70. The number of allylic oxidation sites excluding steroid dienone is 1. The molecule has 6 heteroatoms. The maximum atomic E-state index is 12.9. The number of hydrogen-bond acceptors (Lipinski definition) is 4. The van der Waals surface area contributed by atoms with E-state index in [-0.39, 0.29) is 17.2 Å². The van der Waals surface area contributed by atoms with Crippen molar-refractivity contribution in [2.24, 2.45) is 35.0 Å². The second-order valence-corrected chi connectivity index (χ2v) is 13.8. The van der Waals surface area contributed by atoms with Crippen molar-refractivity contribution >= 4 is 11.8 Å². The van der Waals surface area contributed by atoms with Gasteiger partial charge in [0.25, 0.3) is 0 Å². The molecule has 0 radical (unpaired) electrons. The molecule has 8 rings (SSSR count). The zero-order valence-electron chi connectivity index (χ0n) is 24.5. The van der Waals surface area contributed by atoms with Gasteiger partial charge >= 0.3 is 0 Å². The SMILES string of the molecule is C=C[C@]1(C)CC[C@@H]2C[C@H]1C(=C)CN1CCC(CCC(=O)NCCCC(=O)N3CC4CN(CC2=C)CC4C3)CC1. The summed E-state index contributed by atoms with van der Waals surface area (Å²) in [6.07, 6.45) is 10.8. The Labute approximate surface area is 236 Å². The first-order valence-corrected chi connectivity index (χ1v) is 15.7. The van der Waals surface area contributed by atoms with Gasteiger partial charge in [-0.15, -0.1) is 6.58 Å². The fourth-order valence-electron chi connectivity index (χ4n) is 8.30. The summed E-state index contributed by atoms with van der Waals surface area (Å²) in [7, 11) is 0. The van der Waals surface area contributed by atoms with E-state index in [1.165, 1.54) is 17.6 Å². The van der Waals surface area contributed by atoms with E-state index in [0.717, 1.165) is 90.9 Å². The highest BCUT2D eigenvalue weighted by Gasteiger charge is 2.43. The average Bonchev–Trinajstić information content (AvgIpc) is 3.49. The first-order chi connectivity index (χ1) is 18.7. The van der Waals surface area contributed by atoms with Gasteiger partial charge in [0.2, 0.25) is 11.8 Å². The summed E-state index contributed by atoms with van der Waals surface area (Å²) in [6.45, 7) is 24.6. The Morgan fingerprint density at radius 1 is 0.897 bits per heavy atom. The lowest BCUT2D eigenvalue weighted by Crippen LogP contribution is -2.41. The highest BCUT2D eigenvalue weighted by Crippen LogP contribution is 2.49. The van der Waals surface area contributed by atoms with Crippen LogP contribution in [0.4, 0.5) is 0 Å². The van der Waals surface area contributed by atoms with Crippen LogP contribution in [-0.2, 0) is 9.59 Å². The van der Waals surface area contributed by atoms with Crippen molar-refractivity contribution in [3.05, 3.63) is 37.0 Å². The summed E-state index contributed by atoms with van der Waals surface area (Å²) in [5.41, 5.74) is 2.86. The highest BCUT2D eigenvalue weighted by molar-refractivity contribution is 5.77. The largest absolute Gasteiger partial charge is 0.356 e. The summed E-state index contributed by atoms with van der Waals surface area (Å²) in [6, 6.07) is 0. The molecule has 7 heterocycles. The molecule has 7 aliphatic heterocycles. The van der Waals surface area contributed by atoms with E-state index in [1.807, 2.05) is 0 Å². The second-order valence-electron chi connectivity index (χ2n) is 13.8. The summed E-state index contributed by atoms with van der Waals surface area (Å²) in [5, 5.41) is 3.06. The van der Waals surface area contributed by atoms with Gasteiger partial charge < -0.3 is 10.2 Å². The first-order valence-electron chi connectivity index (χ1n) is 15.7. The summed E-state index contributed by atoms with van der Waals surface area (Å²) in [4.78, 5) is 32.6. The molecule has 8 aliphatic rings. The van der Waals surface area contributed by atoms with Crippen LogP contribution in [-0.4, -0.2) is 85.4 Å². The Balaban J connectivity index is 1.26. The van der Waals surface area contributed by atoms with Crippen LogP contribution >= 0.6 is 0 Å². The normalized spacial score (nSPS) is 40.9.